The number of nitrogens with two attached hydrogens (primary N) is 1. The fourth-order valence-corrected chi connectivity index (χ4v) is 1.66. The van der Waals surface area contributed by atoms with Crippen molar-refractivity contribution in [1.29, 1.82) is 5.26 Å². The average Bonchev–Trinajstić information content (AvgIpc) is 2.28. The molecule has 78 valence electrons. The topological polar surface area (TPSA) is 73.9 Å². The molecule has 0 aromatic rings. The summed E-state index contributed by atoms with van der Waals surface area (Å²) in [4.78, 5) is 0. The van der Waals surface area contributed by atoms with Gasteiger partial charge in [0.1, 0.15) is 11.8 Å². The van der Waals surface area contributed by atoms with E-state index in [4.69, 9.17) is 11.0 Å². The van der Waals surface area contributed by atoms with Crippen LogP contribution in [-0.4, -0.2) is 0 Å². The summed E-state index contributed by atoms with van der Waals surface area (Å²) in [6, 6.07) is 1.90. The van der Waals surface area contributed by atoms with E-state index < -0.39 is 0 Å². The van der Waals surface area contributed by atoms with Crippen molar-refractivity contribution in [2.45, 2.75) is 6.92 Å². The lowest BCUT2D eigenvalue weighted by Crippen LogP contribution is -2.26. The quantitative estimate of drug-likeness (QED) is 0.630. The van der Waals surface area contributed by atoms with E-state index in [2.05, 4.69) is 26.6 Å². The summed E-state index contributed by atoms with van der Waals surface area (Å²) >= 11 is 3.39. The average molecular weight is 267 g/mol. The summed E-state index contributed by atoms with van der Waals surface area (Å²) < 4.78 is 0.829. The molecule has 15 heavy (non-hydrogen) atoms. The molecule has 0 fully saturated rings. The second-order valence-electron chi connectivity index (χ2n) is 2.75. The van der Waals surface area contributed by atoms with Crippen LogP contribution in [0, 0.1) is 11.3 Å². The Labute approximate surface area is 97.0 Å². The Morgan fingerprint density at radius 2 is 2.07 bits per heavy atom. The monoisotopic (exact) mass is 266 g/mol. The van der Waals surface area contributed by atoms with Crippen LogP contribution in [-0.2, 0) is 0 Å². The van der Waals surface area contributed by atoms with Gasteiger partial charge in [0, 0.05) is 16.9 Å². The van der Waals surface area contributed by atoms with Crippen LogP contribution in [0.1, 0.15) is 6.92 Å². The minimum atomic E-state index is 0.142. The number of hydrogen-bond donors (Lipinski definition) is 3. The lowest BCUT2D eigenvalue weighted by atomic mass is 10.2. The van der Waals surface area contributed by atoms with Gasteiger partial charge in [0.25, 0.3) is 0 Å². The van der Waals surface area contributed by atoms with Crippen molar-refractivity contribution in [3.63, 3.8) is 0 Å². The van der Waals surface area contributed by atoms with Gasteiger partial charge < -0.3 is 16.4 Å². The molecule has 4 N–H and O–H groups in total. The van der Waals surface area contributed by atoms with E-state index in [0.29, 0.717) is 5.70 Å². The highest BCUT2D eigenvalue weighted by molar-refractivity contribution is 9.11. The number of rotatable bonds is 1. The first-order chi connectivity index (χ1) is 7.20. The molecule has 0 atom stereocenters. The van der Waals surface area contributed by atoms with E-state index in [1.807, 2.05) is 25.1 Å². The Hall–Kier alpha value is -1.67. The summed E-state index contributed by atoms with van der Waals surface area (Å²) in [5.74, 6) is 0. The van der Waals surface area contributed by atoms with E-state index in [1.54, 1.807) is 12.4 Å². The number of allylic oxidation sites excluding steroid dienone is 4. The maximum absolute atomic E-state index is 8.74. The number of halogens is 1. The summed E-state index contributed by atoms with van der Waals surface area (Å²) in [6.07, 6.45) is 7.16. The minimum absolute atomic E-state index is 0.142. The predicted molar refractivity (Wildman–Crippen MR) is 63.0 cm³/mol. The van der Waals surface area contributed by atoms with E-state index in [1.165, 1.54) is 0 Å². The Kier molecular flexibility index (Phi) is 4.01. The summed E-state index contributed by atoms with van der Waals surface area (Å²) in [5, 5.41) is 14.7. The number of hydrogen-bond acceptors (Lipinski definition) is 4. The third-order valence-electron chi connectivity index (χ3n) is 1.73. The van der Waals surface area contributed by atoms with Crippen LogP contribution in [0.2, 0.25) is 0 Å². The second kappa shape index (κ2) is 5.27. The number of nitrogens with zero attached hydrogens (tertiary/aromatic N) is 1. The van der Waals surface area contributed by atoms with Gasteiger partial charge in [0.2, 0.25) is 0 Å². The van der Waals surface area contributed by atoms with Gasteiger partial charge in [0.05, 0.1) is 11.4 Å². The van der Waals surface area contributed by atoms with Crippen molar-refractivity contribution in [2.75, 3.05) is 0 Å². The van der Waals surface area contributed by atoms with Crippen molar-refractivity contribution in [1.82, 2.24) is 10.6 Å². The molecule has 0 bridgehead atoms. The molecule has 0 aromatic heterocycles. The zero-order valence-electron chi connectivity index (χ0n) is 8.21. The van der Waals surface area contributed by atoms with Gasteiger partial charge in [-0.15, -0.1) is 0 Å². The fourth-order valence-electron chi connectivity index (χ4n) is 1.08. The SMILES string of the molecule is C/C=C/C(Br)=C1/NC=CN/C1=C(/N)C#N. The molecule has 1 rings (SSSR count). The molecule has 0 amide bonds. The van der Waals surface area contributed by atoms with Gasteiger partial charge in [-0.05, 0) is 22.9 Å². The third-order valence-corrected chi connectivity index (χ3v) is 2.39. The molecular formula is C10H11BrN4. The smallest absolute Gasteiger partial charge is 0.137 e. The predicted octanol–water partition coefficient (Wildman–Crippen LogP) is 1.53. The summed E-state index contributed by atoms with van der Waals surface area (Å²) in [5.41, 5.74) is 7.04. The first-order valence-corrected chi connectivity index (χ1v) is 5.10. The van der Waals surface area contributed by atoms with Crippen LogP contribution in [0.5, 0.6) is 0 Å². The van der Waals surface area contributed by atoms with Crippen molar-refractivity contribution in [3.8, 4) is 6.07 Å². The first kappa shape index (κ1) is 11.4. The van der Waals surface area contributed by atoms with Crippen LogP contribution in [0.3, 0.4) is 0 Å². The van der Waals surface area contributed by atoms with E-state index in [0.717, 1.165) is 10.2 Å². The number of nitrogens with one attached hydrogen (secondary N) is 2. The van der Waals surface area contributed by atoms with Crippen LogP contribution >= 0.6 is 15.9 Å². The second-order valence-corrected chi connectivity index (χ2v) is 3.60. The lowest BCUT2D eigenvalue weighted by Gasteiger charge is -2.18. The highest BCUT2D eigenvalue weighted by Crippen LogP contribution is 2.20. The maximum atomic E-state index is 8.74. The highest BCUT2D eigenvalue weighted by Gasteiger charge is 2.13. The van der Waals surface area contributed by atoms with E-state index in [9.17, 15) is 0 Å². The van der Waals surface area contributed by atoms with Gasteiger partial charge in [-0.1, -0.05) is 12.2 Å². The molecule has 1 heterocycles. The van der Waals surface area contributed by atoms with E-state index >= 15 is 0 Å². The fraction of sp³-hybridized carbons (Fsp3) is 0.100. The van der Waals surface area contributed by atoms with Gasteiger partial charge in [-0.25, -0.2) is 0 Å². The Balaban J connectivity index is 3.23. The molecule has 0 aliphatic carbocycles. The van der Waals surface area contributed by atoms with Crippen LogP contribution in [0.25, 0.3) is 0 Å². The Morgan fingerprint density at radius 3 is 2.60 bits per heavy atom. The van der Waals surface area contributed by atoms with Gasteiger partial charge in [-0.2, -0.15) is 5.26 Å². The summed E-state index contributed by atoms with van der Waals surface area (Å²) in [6.45, 7) is 1.91. The Morgan fingerprint density at radius 1 is 1.47 bits per heavy atom. The molecule has 0 spiro atoms. The largest absolute Gasteiger partial charge is 0.388 e. The van der Waals surface area contributed by atoms with Crippen LogP contribution in [0.15, 0.2) is 46.1 Å². The Bertz CT molecular complexity index is 410. The van der Waals surface area contributed by atoms with Crippen LogP contribution in [0.4, 0.5) is 0 Å². The lowest BCUT2D eigenvalue weighted by molar-refractivity contribution is 0.897. The van der Waals surface area contributed by atoms with Crippen molar-refractivity contribution < 1.29 is 0 Å². The maximum Gasteiger partial charge on any atom is 0.137 e. The summed E-state index contributed by atoms with van der Waals surface area (Å²) in [7, 11) is 0. The van der Waals surface area contributed by atoms with Gasteiger partial charge in [0.15, 0.2) is 0 Å². The molecule has 5 heteroatoms. The molecule has 1 aliphatic rings. The standard InChI is InChI=1S/C10H11BrN4/c1-2-3-7(11)9-10(8(13)6-12)15-5-4-14-9/h2-5,14-15H,13H2,1H3/b3-2+,9-7-,10-8+. The zero-order chi connectivity index (χ0) is 11.3. The first-order valence-electron chi connectivity index (χ1n) is 4.31. The molecule has 0 aromatic carbocycles. The van der Waals surface area contributed by atoms with Crippen molar-refractivity contribution >= 4 is 15.9 Å². The van der Waals surface area contributed by atoms with Gasteiger partial charge >= 0.3 is 0 Å². The zero-order valence-corrected chi connectivity index (χ0v) is 9.80. The van der Waals surface area contributed by atoms with Crippen molar-refractivity contribution in [3.05, 3.63) is 46.1 Å². The van der Waals surface area contributed by atoms with Gasteiger partial charge in [-0.3, -0.25) is 0 Å². The minimum Gasteiger partial charge on any atom is -0.388 e. The molecule has 0 saturated heterocycles. The van der Waals surface area contributed by atoms with E-state index in [-0.39, 0.29) is 5.70 Å². The molecule has 0 saturated carbocycles. The molecule has 4 nitrogen and oxygen atoms in total. The van der Waals surface area contributed by atoms with Crippen molar-refractivity contribution in [2.24, 2.45) is 5.73 Å². The third kappa shape index (κ3) is 2.64. The molecule has 1 aliphatic heterocycles. The normalized spacial score (nSPS) is 21.7. The molecule has 0 radical (unpaired) electrons. The highest BCUT2D eigenvalue weighted by atomic mass is 79.9. The molecular weight excluding hydrogens is 256 g/mol. The van der Waals surface area contributed by atoms with Crippen LogP contribution < -0.4 is 16.4 Å². The number of nitriles is 1. The molecule has 0 unspecified atom stereocenters.